The van der Waals surface area contributed by atoms with Crippen molar-refractivity contribution in [3.63, 3.8) is 0 Å². The fraction of sp³-hybridized carbons (Fsp3) is 0.222. The Bertz CT molecular complexity index is 747. The molecule has 0 heterocycles. The van der Waals surface area contributed by atoms with Crippen LogP contribution < -0.4 is 20.1 Å². The van der Waals surface area contributed by atoms with Crippen molar-refractivity contribution in [1.29, 1.82) is 0 Å². The molecule has 6 nitrogen and oxygen atoms in total. The molecule has 2 N–H and O–H groups in total. The highest BCUT2D eigenvalue weighted by Gasteiger charge is 2.13. The number of carbonyl (C=O) groups is 2. The molecule has 7 heteroatoms. The number of ether oxygens (including phenoxy) is 2. The third-order valence-electron chi connectivity index (χ3n) is 3.47. The lowest BCUT2D eigenvalue weighted by atomic mass is 10.2. The molecule has 2 amide bonds. The van der Waals surface area contributed by atoms with Crippen LogP contribution in [0.1, 0.15) is 11.1 Å². The number of amides is 2. The van der Waals surface area contributed by atoms with Crippen LogP contribution in [0.5, 0.6) is 11.5 Å². The molecular formula is C18H19ClN2O4. The number of halogens is 1. The van der Waals surface area contributed by atoms with E-state index < -0.39 is 11.8 Å². The van der Waals surface area contributed by atoms with Crippen LogP contribution >= 0.6 is 11.6 Å². The lowest BCUT2D eigenvalue weighted by Crippen LogP contribution is -2.39. The summed E-state index contributed by atoms with van der Waals surface area (Å²) < 4.78 is 10.4. The first-order chi connectivity index (χ1) is 12.0. The van der Waals surface area contributed by atoms with Gasteiger partial charge in [0, 0.05) is 18.1 Å². The number of rotatable bonds is 6. The molecule has 0 fully saturated rings. The third kappa shape index (κ3) is 5.39. The minimum absolute atomic E-state index is 0.202. The van der Waals surface area contributed by atoms with Gasteiger partial charge in [0.2, 0.25) is 0 Å². The standard InChI is InChI=1S/C18H19ClN2O4/c1-24-15-8-5-13(9-16(15)25-2)11-21-18(23)17(22)20-10-12-3-6-14(19)7-4-12/h3-9H,10-11H2,1-2H3,(H,20,22)(H,21,23). The molecule has 0 aromatic heterocycles. The molecule has 0 radical (unpaired) electrons. The molecule has 2 rings (SSSR count). The van der Waals surface area contributed by atoms with E-state index in [4.69, 9.17) is 21.1 Å². The molecule has 0 aliphatic rings. The van der Waals surface area contributed by atoms with Gasteiger partial charge < -0.3 is 20.1 Å². The van der Waals surface area contributed by atoms with Crippen molar-refractivity contribution in [3.05, 3.63) is 58.6 Å². The minimum atomic E-state index is -0.705. The van der Waals surface area contributed by atoms with Gasteiger partial charge in [0.25, 0.3) is 0 Å². The third-order valence-corrected chi connectivity index (χ3v) is 3.73. The normalized spacial score (nSPS) is 10.0. The summed E-state index contributed by atoms with van der Waals surface area (Å²) in [7, 11) is 3.08. The van der Waals surface area contributed by atoms with Gasteiger partial charge in [-0.05, 0) is 35.4 Å². The predicted molar refractivity (Wildman–Crippen MR) is 94.7 cm³/mol. The molecule has 132 valence electrons. The molecule has 0 saturated carbocycles. The van der Waals surface area contributed by atoms with Gasteiger partial charge in [0.05, 0.1) is 14.2 Å². The second kappa shape index (κ2) is 8.94. The second-order valence-electron chi connectivity index (χ2n) is 5.18. The summed E-state index contributed by atoms with van der Waals surface area (Å²) in [5, 5.41) is 5.73. The van der Waals surface area contributed by atoms with Crippen molar-refractivity contribution >= 4 is 23.4 Å². The van der Waals surface area contributed by atoms with Crippen LogP contribution in [0.4, 0.5) is 0 Å². The first-order valence-corrected chi connectivity index (χ1v) is 7.92. The molecule has 0 aliphatic carbocycles. The van der Waals surface area contributed by atoms with Crippen molar-refractivity contribution in [2.45, 2.75) is 13.1 Å². The van der Waals surface area contributed by atoms with Gasteiger partial charge in [0.1, 0.15) is 0 Å². The van der Waals surface area contributed by atoms with Gasteiger partial charge in [-0.15, -0.1) is 0 Å². The number of benzene rings is 2. The van der Waals surface area contributed by atoms with Gasteiger partial charge >= 0.3 is 11.8 Å². The monoisotopic (exact) mass is 362 g/mol. The Morgan fingerprint density at radius 1 is 0.840 bits per heavy atom. The van der Waals surface area contributed by atoms with Crippen LogP contribution in [0.3, 0.4) is 0 Å². The zero-order valence-electron chi connectivity index (χ0n) is 14.0. The summed E-state index contributed by atoms with van der Waals surface area (Å²) in [5.41, 5.74) is 1.64. The van der Waals surface area contributed by atoms with Crippen molar-refractivity contribution in [2.75, 3.05) is 14.2 Å². The Kier molecular flexibility index (Phi) is 6.65. The predicted octanol–water partition coefficient (Wildman–Crippen LogP) is 2.29. The Balaban J connectivity index is 1.84. The summed E-state index contributed by atoms with van der Waals surface area (Å²) in [4.78, 5) is 23.7. The summed E-state index contributed by atoms with van der Waals surface area (Å²) in [6.07, 6.45) is 0. The molecule has 0 atom stereocenters. The molecule has 25 heavy (non-hydrogen) atoms. The van der Waals surface area contributed by atoms with Gasteiger partial charge in [-0.1, -0.05) is 29.8 Å². The van der Waals surface area contributed by atoms with Crippen molar-refractivity contribution in [2.24, 2.45) is 0 Å². The highest BCUT2D eigenvalue weighted by atomic mass is 35.5. The number of nitrogens with one attached hydrogen (secondary N) is 2. The topological polar surface area (TPSA) is 76.7 Å². The maximum Gasteiger partial charge on any atom is 0.309 e. The maximum absolute atomic E-state index is 11.9. The highest BCUT2D eigenvalue weighted by Crippen LogP contribution is 2.27. The average Bonchev–Trinajstić information content (AvgIpc) is 2.65. The lowest BCUT2D eigenvalue weighted by Gasteiger charge is -2.10. The summed E-state index contributed by atoms with van der Waals surface area (Å²) in [6, 6.07) is 12.3. The summed E-state index contributed by atoms with van der Waals surface area (Å²) in [6.45, 7) is 0.452. The maximum atomic E-state index is 11.9. The molecule has 2 aromatic rings. The summed E-state index contributed by atoms with van der Waals surface area (Å²) in [5.74, 6) is -0.251. The second-order valence-corrected chi connectivity index (χ2v) is 5.62. The Labute approximate surface area is 151 Å². The van der Waals surface area contributed by atoms with E-state index in [0.29, 0.717) is 16.5 Å². The first kappa shape index (κ1) is 18.6. The number of methoxy groups -OCH3 is 2. The largest absolute Gasteiger partial charge is 0.493 e. The number of hydrogen-bond donors (Lipinski definition) is 2. The zero-order valence-corrected chi connectivity index (χ0v) is 14.7. The van der Waals surface area contributed by atoms with Crippen LogP contribution in [0.2, 0.25) is 5.02 Å². The van der Waals surface area contributed by atoms with E-state index in [2.05, 4.69) is 10.6 Å². The van der Waals surface area contributed by atoms with E-state index in [1.54, 1.807) is 49.6 Å². The van der Waals surface area contributed by atoms with E-state index in [-0.39, 0.29) is 13.1 Å². The SMILES string of the molecule is COc1ccc(CNC(=O)C(=O)NCc2ccc(Cl)cc2)cc1OC. The van der Waals surface area contributed by atoms with E-state index in [1.807, 2.05) is 0 Å². The molecule has 2 aromatic carbocycles. The van der Waals surface area contributed by atoms with Crippen molar-refractivity contribution in [3.8, 4) is 11.5 Å². The fourth-order valence-corrected chi connectivity index (χ4v) is 2.24. The van der Waals surface area contributed by atoms with E-state index in [1.165, 1.54) is 7.11 Å². The minimum Gasteiger partial charge on any atom is -0.493 e. The quantitative estimate of drug-likeness (QED) is 0.773. The number of carbonyl (C=O) groups excluding carboxylic acids is 2. The van der Waals surface area contributed by atoms with Gasteiger partial charge in [-0.3, -0.25) is 9.59 Å². The Morgan fingerprint density at radius 3 is 1.92 bits per heavy atom. The molecule has 0 aliphatic heterocycles. The first-order valence-electron chi connectivity index (χ1n) is 7.55. The van der Waals surface area contributed by atoms with Crippen LogP contribution in [0.15, 0.2) is 42.5 Å². The summed E-state index contributed by atoms with van der Waals surface area (Å²) >= 11 is 5.80. The van der Waals surface area contributed by atoms with E-state index in [9.17, 15) is 9.59 Å². The fourth-order valence-electron chi connectivity index (χ4n) is 2.12. The van der Waals surface area contributed by atoms with Crippen LogP contribution in [-0.2, 0) is 22.7 Å². The van der Waals surface area contributed by atoms with Crippen molar-refractivity contribution < 1.29 is 19.1 Å². The Hall–Kier alpha value is -2.73. The average molecular weight is 363 g/mol. The van der Waals surface area contributed by atoms with Gasteiger partial charge in [0.15, 0.2) is 11.5 Å². The van der Waals surface area contributed by atoms with E-state index >= 15 is 0 Å². The van der Waals surface area contributed by atoms with Crippen LogP contribution in [0.25, 0.3) is 0 Å². The highest BCUT2D eigenvalue weighted by molar-refractivity contribution is 6.35. The van der Waals surface area contributed by atoms with Crippen LogP contribution in [0, 0.1) is 0 Å². The molecular weight excluding hydrogens is 344 g/mol. The molecule has 0 unspecified atom stereocenters. The Morgan fingerprint density at radius 2 is 1.36 bits per heavy atom. The molecule has 0 spiro atoms. The van der Waals surface area contributed by atoms with Gasteiger partial charge in [-0.2, -0.15) is 0 Å². The molecule has 0 saturated heterocycles. The smallest absolute Gasteiger partial charge is 0.309 e. The van der Waals surface area contributed by atoms with E-state index in [0.717, 1.165) is 11.1 Å². The zero-order chi connectivity index (χ0) is 18.2. The molecule has 0 bridgehead atoms. The number of hydrogen-bond acceptors (Lipinski definition) is 4. The van der Waals surface area contributed by atoms with Crippen LogP contribution in [-0.4, -0.2) is 26.0 Å². The van der Waals surface area contributed by atoms with Gasteiger partial charge in [-0.25, -0.2) is 0 Å². The lowest BCUT2D eigenvalue weighted by molar-refractivity contribution is -0.139. The van der Waals surface area contributed by atoms with Crippen molar-refractivity contribution in [1.82, 2.24) is 10.6 Å².